The molecule has 7 atom stereocenters. The van der Waals surface area contributed by atoms with Gasteiger partial charge in [-0.2, -0.15) is 0 Å². The number of benzene rings is 4. The molecule has 3 heteroatoms. The molecule has 1 aromatic heterocycles. The maximum absolute atomic E-state index is 2.65. The fourth-order valence-corrected chi connectivity index (χ4v) is 13.7. The lowest BCUT2D eigenvalue weighted by molar-refractivity contribution is 0.120. The predicted octanol–water partition coefficient (Wildman–Crippen LogP) is 12.6. The quantitative estimate of drug-likeness (QED) is 0.184. The van der Waals surface area contributed by atoms with E-state index in [1.807, 2.05) is 0 Å². The van der Waals surface area contributed by atoms with E-state index >= 15 is 0 Å². The van der Waals surface area contributed by atoms with E-state index in [1.54, 1.807) is 5.57 Å². The zero-order valence-corrected chi connectivity index (χ0v) is 30.5. The van der Waals surface area contributed by atoms with Crippen molar-refractivity contribution in [3.63, 3.8) is 0 Å². The second kappa shape index (κ2) is 12.2. The van der Waals surface area contributed by atoms with Crippen LogP contribution in [0.5, 0.6) is 0 Å². The molecule has 52 heavy (non-hydrogen) atoms. The summed E-state index contributed by atoms with van der Waals surface area (Å²) < 4.78 is 2.41. The van der Waals surface area contributed by atoms with E-state index in [1.165, 1.54) is 54.7 Å². The van der Waals surface area contributed by atoms with Crippen LogP contribution in [0.2, 0.25) is 0 Å². The third-order valence-electron chi connectivity index (χ3n) is 12.4. The molecule has 252 valence electrons. The summed E-state index contributed by atoms with van der Waals surface area (Å²) in [5.41, 5.74) is 10.8. The highest BCUT2D eigenvalue weighted by Gasteiger charge is 2.64. The summed E-state index contributed by atoms with van der Waals surface area (Å²) in [5, 5.41) is 3.81. The van der Waals surface area contributed by atoms with Gasteiger partial charge in [0.1, 0.15) is 0 Å². The van der Waals surface area contributed by atoms with Gasteiger partial charge in [-0.1, -0.05) is 146 Å². The molecule has 2 saturated heterocycles. The van der Waals surface area contributed by atoms with Gasteiger partial charge in [0.15, 0.2) is 0 Å². The fraction of sp³-hybridized carbons (Fsp3) is 0.184. The Morgan fingerprint density at radius 1 is 0.615 bits per heavy atom. The molecule has 1 spiro atoms. The van der Waals surface area contributed by atoms with Gasteiger partial charge < -0.3 is 4.57 Å². The molecule has 2 fully saturated rings. The average Bonchev–Trinajstić information content (AvgIpc) is 3.55. The summed E-state index contributed by atoms with van der Waals surface area (Å²) in [4.78, 5) is 1.52. The lowest BCUT2D eigenvalue weighted by atomic mass is 9.49. The van der Waals surface area contributed by atoms with Gasteiger partial charge in [0.2, 0.25) is 0 Å². The largest absolute Gasteiger partial charge is 0.309 e. The van der Waals surface area contributed by atoms with Crippen molar-refractivity contribution in [1.82, 2.24) is 4.57 Å². The van der Waals surface area contributed by atoms with Crippen molar-refractivity contribution >= 4 is 56.5 Å². The van der Waals surface area contributed by atoms with Crippen molar-refractivity contribution in [2.45, 2.75) is 28.6 Å². The Hall–Kier alpha value is -4.70. The maximum atomic E-state index is 2.65. The van der Waals surface area contributed by atoms with E-state index in [-0.39, 0.29) is 5.41 Å². The van der Waals surface area contributed by atoms with E-state index in [0.29, 0.717) is 33.5 Å². The number of hydrogen-bond donors (Lipinski definition) is 0. The summed E-state index contributed by atoms with van der Waals surface area (Å²) in [6.45, 7) is 0. The molecule has 0 saturated carbocycles. The first-order valence-electron chi connectivity index (χ1n) is 18.8. The second-order valence-electron chi connectivity index (χ2n) is 14.9. The molecule has 4 aromatic carbocycles. The predicted molar refractivity (Wildman–Crippen MR) is 225 cm³/mol. The normalized spacial score (nSPS) is 29.8. The highest BCUT2D eigenvalue weighted by molar-refractivity contribution is 8.04. The Morgan fingerprint density at radius 2 is 1.37 bits per heavy atom. The third-order valence-corrected chi connectivity index (χ3v) is 15.3. The number of nitrogens with zero attached hydrogens (tertiary/aromatic N) is 1. The number of rotatable bonds is 3. The van der Waals surface area contributed by atoms with Gasteiger partial charge in [0, 0.05) is 60.3 Å². The van der Waals surface area contributed by atoms with Crippen molar-refractivity contribution in [3.05, 3.63) is 198 Å². The van der Waals surface area contributed by atoms with Crippen molar-refractivity contribution < 1.29 is 0 Å². The number of allylic oxidation sites excluding steroid dienone is 12. The second-order valence-corrected chi connectivity index (χ2v) is 17.5. The lowest BCUT2D eigenvalue weighted by Crippen LogP contribution is -2.59. The van der Waals surface area contributed by atoms with Crippen LogP contribution in [0.25, 0.3) is 38.6 Å². The van der Waals surface area contributed by atoms with E-state index in [4.69, 9.17) is 0 Å². The number of hydrogen-bond acceptors (Lipinski definition) is 2. The lowest BCUT2D eigenvalue weighted by Gasteiger charge is -2.63. The van der Waals surface area contributed by atoms with Gasteiger partial charge in [-0.05, 0) is 71.0 Å². The first-order chi connectivity index (χ1) is 25.8. The maximum Gasteiger partial charge on any atom is 0.0541 e. The highest BCUT2D eigenvalue weighted by Crippen LogP contribution is 2.71. The SMILES string of the molecule is C1=CC2SC3C=CC=C(c4ccccc4)C3C3(C4=CCCC=C4SC4C=C(c5ccc6c(c5)c5ccccc5n6-c5ccccc5)C=CC43)C2C=C1. The standard InChI is InChI=1S/C49H39NS2/c1-3-14-32(15-4-1)36-19-13-25-46-48(36)49(39-20-8-11-23-44(39)51-46)40-21-9-12-24-45(40)52-47-31-34(26-28-41(47)49)33-27-29-43-38(30-33)37-18-7-10-22-42(37)50(43)35-16-5-2-6-17-35/h1-8,10-11,13-31,39,41,44,46-48H,9,12H2. The molecule has 4 aliphatic carbocycles. The monoisotopic (exact) mass is 705 g/mol. The summed E-state index contributed by atoms with van der Waals surface area (Å²) >= 11 is 4.31. The minimum atomic E-state index is -0.0674. The summed E-state index contributed by atoms with van der Waals surface area (Å²) in [5.74, 6) is 1.13. The molecule has 0 N–H and O–H groups in total. The molecule has 0 amide bonds. The Labute approximate surface area is 314 Å². The molecule has 7 unspecified atom stereocenters. The molecule has 3 heterocycles. The minimum Gasteiger partial charge on any atom is -0.309 e. The van der Waals surface area contributed by atoms with Gasteiger partial charge >= 0.3 is 0 Å². The smallest absolute Gasteiger partial charge is 0.0541 e. The molecule has 2 aliphatic heterocycles. The van der Waals surface area contributed by atoms with Crippen LogP contribution >= 0.6 is 23.5 Å². The number of fused-ring (bicyclic) bond motifs is 11. The zero-order valence-electron chi connectivity index (χ0n) is 28.9. The van der Waals surface area contributed by atoms with Gasteiger partial charge in [-0.3, -0.25) is 0 Å². The molecule has 0 radical (unpaired) electrons. The zero-order chi connectivity index (χ0) is 34.2. The van der Waals surface area contributed by atoms with Gasteiger partial charge in [0.05, 0.1) is 11.0 Å². The topological polar surface area (TPSA) is 4.93 Å². The van der Waals surface area contributed by atoms with Crippen LogP contribution in [0.1, 0.15) is 24.0 Å². The Bertz CT molecular complexity index is 2500. The summed E-state index contributed by atoms with van der Waals surface area (Å²) in [7, 11) is 0. The molecule has 1 nitrogen and oxygen atoms in total. The summed E-state index contributed by atoms with van der Waals surface area (Å²) in [6.07, 6.45) is 32.3. The number of aromatic nitrogens is 1. The van der Waals surface area contributed by atoms with Gasteiger partial charge in [-0.15, -0.1) is 23.5 Å². The van der Waals surface area contributed by atoms with Crippen LogP contribution in [0.15, 0.2) is 187 Å². The molecular formula is C49H39NS2. The van der Waals surface area contributed by atoms with E-state index < -0.39 is 0 Å². The van der Waals surface area contributed by atoms with Crippen LogP contribution in [0, 0.1) is 23.2 Å². The summed E-state index contributed by atoms with van der Waals surface area (Å²) in [6, 6.07) is 38.0. The Morgan fingerprint density at radius 3 is 2.27 bits per heavy atom. The van der Waals surface area contributed by atoms with E-state index in [0.717, 1.165) is 12.8 Å². The van der Waals surface area contributed by atoms with E-state index in [9.17, 15) is 0 Å². The molecule has 6 aliphatic rings. The molecule has 0 bridgehead atoms. The van der Waals surface area contributed by atoms with Crippen LogP contribution < -0.4 is 0 Å². The molecule has 5 aromatic rings. The average molecular weight is 706 g/mol. The van der Waals surface area contributed by atoms with Crippen molar-refractivity contribution in [3.8, 4) is 5.69 Å². The fourth-order valence-electron chi connectivity index (χ4n) is 10.4. The van der Waals surface area contributed by atoms with Crippen LogP contribution in [0.4, 0.5) is 0 Å². The minimum absolute atomic E-state index is 0.0674. The van der Waals surface area contributed by atoms with Crippen molar-refractivity contribution in [1.29, 1.82) is 0 Å². The van der Waals surface area contributed by atoms with Crippen LogP contribution in [-0.4, -0.2) is 20.3 Å². The van der Waals surface area contributed by atoms with E-state index in [2.05, 4.69) is 204 Å². The van der Waals surface area contributed by atoms with Crippen molar-refractivity contribution in [2.75, 3.05) is 0 Å². The van der Waals surface area contributed by atoms with Gasteiger partial charge in [0.25, 0.3) is 0 Å². The Kier molecular flexibility index (Phi) is 7.24. The number of thioether (sulfide) groups is 2. The first-order valence-corrected chi connectivity index (χ1v) is 20.6. The molecule has 11 rings (SSSR count). The first kappa shape index (κ1) is 30.9. The number of para-hydroxylation sites is 2. The van der Waals surface area contributed by atoms with Crippen LogP contribution in [0.3, 0.4) is 0 Å². The molecular weight excluding hydrogens is 667 g/mol. The highest BCUT2D eigenvalue weighted by atomic mass is 32.2. The van der Waals surface area contributed by atoms with Crippen molar-refractivity contribution in [2.24, 2.45) is 23.2 Å². The van der Waals surface area contributed by atoms with Crippen LogP contribution in [-0.2, 0) is 0 Å². The van der Waals surface area contributed by atoms with Gasteiger partial charge in [-0.25, -0.2) is 0 Å². The Balaban J connectivity index is 1.08. The third kappa shape index (κ3) is 4.52.